The zero-order chi connectivity index (χ0) is 11.4. The predicted octanol–water partition coefficient (Wildman–Crippen LogP) is 2.30. The van der Waals surface area contributed by atoms with Gasteiger partial charge in [0.25, 0.3) is 0 Å². The van der Waals surface area contributed by atoms with Crippen molar-refractivity contribution in [1.82, 2.24) is 0 Å². The molecule has 0 radical (unpaired) electrons. The Balaban J connectivity index is 3.01. The SMILES string of the molecule is CCOC(C(=O)O)c1ccc(F)c(C)c1. The van der Waals surface area contributed by atoms with Crippen molar-refractivity contribution in [2.24, 2.45) is 0 Å². The fraction of sp³-hybridized carbons (Fsp3) is 0.364. The summed E-state index contributed by atoms with van der Waals surface area (Å²) in [5, 5.41) is 8.90. The minimum absolute atomic E-state index is 0.299. The van der Waals surface area contributed by atoms with Gasteiger partial charge in [0.1, 0.15) is 5.82 Å². The van der Waals surface area contributed by atoms with E-state index in [0.717, 1.165) is 0 Å². The van der Waals surface area contributed by atoms with Crippen LogP contribution < -0.4 is 0 Å². The topological polar surface area (TPSA) is 46.5 Å². The second kappa shape index (κ2) is 4.89. The van der Waals surface area contributed by atoms with E-state index >= 15 is 0 Å². The average Bonchev–Trinajstić information content (AvgIpc) is 2.18. The lowest BCUT2D eigenvalue weighted by Crippen LogP contribution is -2.15. The second-order valence-electron chi connectivity index (χ2n) is 3.18. The number of halogens is 1. The van der Waals surface area contributed by atoms with Gasteiger partial charge in [0, 0.05) is 6.61 Å². The molecule has 1 atom stereocenters. The maximum absolute atomic E-state index is 13.0. The van der Waals surface area contributed by atoms with E-state index in [1.807, 2.05) is 0 Å². The normalized spacial score (nSPS) is 12.5. The number of ether oxygens (including phenoxy) is 1. The maximum atomic E-state index is 13.0. The first-order valence-corrected chi connectivity index (χ1v) is 4.66. The maximum Gasteiger partial charge on any atom is 0.337 e. The van der Waals surface area contributed by atoms with Gasteiger partial charge in [0.2, 0.25) is 0 Å². The number of carboxylic acids is 1. The Bertz CT molecular complexity index is 363. The molecule has 0 fully saturated rings. The van der Waals surface area contributed by atoms with Crippen molar-refractivity contribution < 1.29 is 19.0 Å². The summed E-state index contributed by atoms with van der Waals surface area (Å²) in [5.41, 5.74) is 0.877. The third-order valence-corrected chi connectivity index (χ3v) is 2.04. The molecule has 0 bridgehead atoms. The summed E-state index contributed by atoms with van der Waals surface area (Å²) in [6.45, 7) is 3.60. The van der Waals surface area contributed by atoms with E-state index in [0.29, 0.717) is 17.7 Å². The van der Waals surface area contributed by atoms with Gasteiger partial charge >= 0.3 is 5.97 Å². The molecule has 1 unspecified atom stereocenters. The van der Waals surface area contributed by atoms with Crippen LogP contribution in [-0.2, 0) is 9.53 Å². The van der Waals surface area contributed by atoms with Gasteiger partial charge in [-0.25, -0.2) is 9.18 Å². The Hall–Kier alpha value is -1.42. The summed E-state index contributed by atoms with van der Waals surface area (Å²) >= 11 is 0. The fourth-order valence-electron chi connectivity index (χ4n) is 1.31. The summed E-state index contributed by atoms with van der Waals surface area (Å²) in [5.74, 6) is -1.41. The molecule has 15 heavy (non-hydrogen) atoms. The lowest BCUT2D eigenvalue weighted by molar-refractivity contribution is -0.150. The lowest BCUT2D eigenvalue weighted by Gasteiger charge is -2.13. The van der Waals surface area contributed by atoms with E-state index in [9.17, 15) is 9.18 Å². The largest absolute Gasteiger partial charge is 0.479 e. The summed E-state index contributed by atoms with van der Waals surface area (Å²) in [4.78, 5) is 10.9. The highest BCUT2D eigenvalue weighted by Gasteiger charge is 2.20. The van der Waals surface area contributed by atoms with Crippen LogP contribution in [0.3, 0.4) is 0 Å². The van der Waals surface area contributed by atoms with Crippen molar-refractivity contribution in [3.05, 3.63) is 35.1 Å². The van der Waals surface area contributed by atoms with E-state index in [1.54, 1.807) is 13.8 Å². The van der Waals surface area contributed by atoms with E-state index in [2.05, 4.69) is 0 Å². The molecule has 1 aromatic carbocycles. The molecule has 0 amide bonds. The number of carbonyl (C=O) groups is 1. The Morgan fingerprint density at radius 1 is 1.60 bits per heavy atom. The number of rotatable bonds is 4. The molecule has 0 saturated carbocycles. The lowest BCUT2D eigenvalue weighted by atomic mass is 10.1. The first-order chi connectivity index (χ1) is 7.06. The zero-order valence-corrected chi connectivity index (χ0v) is 8.66. The zero-order valence-electron chi connectivity index (χ0n) is 8.66. The van der Waals surface area contributed by atoms with Crippen LogP contribution in [0.4, 0.5) is 4.39 Å². The van der Waals surface area contributed by atoms with E-state index in [-0.39, 0.29) is 5.82 Å². The molecule has 3 nitrogen and oxygen atoms in total. The molecule has 0 spiro atoms. The standard InChI is InChI=1S/C11H13FO3/c1-3-15-10(11(13)14)8-4-5-9(12)7(2)6-8/h4-6,10H,3H2,1-2H3,(H,13,14). The van der Waals surface area contributed by atoms with Crippen molar-refractivity contribution in [3.8, 4) is 0 Å². The van der Waals surface area contributed by atoms with Crippen molar-refractivity contribution in [2.45, 2.75) is 20.0 Å². The number of aliphatic carboxylic acids is 1. The molecule has 4 heteroatoms. The quantitative estimate of drug-likeness (QED) is 0.832. The number of carboxylic acid groups (broad SMARTS) is 1. The van der Waals surface area contributed by atoms with Gasteiger partial charge in [-0.15, -0.1) is 0 Å². The highest BCUT2D eigenvalue weighted by atomic mass is 19.1. The van der Waals surface area contributed by atoms with Gasteiger partial charge in [-0.1, -0.05) is 6.07 Å². The van der Waals surface area contributed by atoms with Crippen LogP contribution >= 0.6 is 0 Å². The highest BCUT2D eigenvalue weighted by molar-refractivity contribution is 5.74. The van der Waals surface area contributed by atoms with Crippen LogP contribution in [0.5, 0.6) is 0 Å². The number of hydrogen-bond acceptors (Lipinski definition) is 2. The van der Waals surface area contributed by atoms with Crippen molar-refractivity contribution in [2.75, 3.05) is 6.61 Å². The molecular formula is C11H13FO3. The molecule has 1 rings (SSSR count). The van der Waals surface area contributed by atoms with E-state index in [1.165, 1.54) is 18.2 Å². The fourth-order valence-corrected chi connectivity index (χ4v) is 1.31. The summed E-state index contributed by atoms with van der Waals surface area (Å²) in [6, 6.07) is 4.17. The number of benzene rings is 1. The minimum atomic E-state index is -1.07. The number of hydrogen-bond donors (Lipinski definition) is 1. The van der Waals surface area contributed by atoms with Crippen molar-refractivity contribution in [3.63, 3.8) is 0 Å². The monoisotopic (exact) mass is 212 g/mol. The predicted molar refractivity (Wildman–Crippen MR) is 53.1 cm³/mol. The van der Waals surface area contributed by atoms with Crippen LogP contribution in [0.1, 0.15) is 24.2 Å². The van der Waals surface area contributed by atoms with Crippen LogP contribution in [0.2, 0.25) is 0 Å². The van der Waals surface area contributed by atoms with E-state index in [4.69, 9.17) is 9.84 Å². The van der Waals surface area contributed by atoms with Gasteiger partial charge in [-0.2, -0.15) is 0 Å². The van der Waals surface area contributed by atoms with Gasteiger partial charge in [-0.05, 0) is 37.1 Å². The highest BCUT2D eigenvalue weighted by Crippen LogP contribution is 2.20. The Morgan fingerprint density at radius 3 is 2.73 bits per heavy atom. The summed E-state index contributed by atoms with van der Waals surface area (Å²) in [7, 11) is 0. The Morgan fingerprint density at radius 2 is 2.27 bits per heavy atom. The first kappa shape index (κ1) is 11.7. The Kier molecular flexibility index (Phi) is 3.80. The number of aryl methyl sites for hydroxylation is 1. The summed E-state index contributed by atoms with van der Waals surface area (Å²) < 4.78 is 18.0. The second-order valence-corrected chi connectivity index (χ2v) is 3.18. The van der Waals surface area contributed by atoms with Gasteiger partial charge in [0.15, 0.2) is 6.10 Å². The molecule has 1 aromatic rings. The smallest absolute Gasteiger partial charge is 0.337 e. The minimum Gasteiger partial charge on any atom is -0.479 e. The Labute approximate surface area is 87.5 Å². The van der Waals surface area contributed by atoms with Crippen molar-refractivity contribution in [1.29, 1.82) is 0 Å². The van der Waals surface area contributed by atoms with Crippen LogP contribution in [0, 0.1) is 12.7 Å². The molecule has 0 aliphatic rings. The third-order valence-electron chi connectivity index (χ3n) is 2.04. The molecule has 1 N–H and O–H groups in total. The molecule has 0 saturated heterocycles. The molecule has 0 aliphatic heterocycles. The van der Waals surface area contributed by atoms with Crippen LogP contribution in [-0.4, -0.2) is 17.7 Å². The third kappa shape index (κ3) is 2.76. The molecule has 0 heterocycles. The molecular weight excluding hydrogens is 199 g/mol. The summed E-state index contributed by atoms with van der Waals surface area (Å²) in [6.07, 6.45) is -1.02. The molecule has 0 aromatic heterocycles. The van der Waals surface area contributed by atoms with E-state index < -0.39 is 12.1 Å². The average molecular weight is 212 g/mol. The van der Waals surface area contributed by atoms with Gasteiger partial charge in [-0.3, -0.25) is 0 Å². The van der Waals surface area contributed by atoms with Crippen molar-refractivity contribution >= 4 is 5.97 Å². The molecule has 0 aliphatic carbocycles. The van der Waals surface area contributed by atoms with Gasteiger partial charge < -0.3 is 9.84 Å². The van der Waals surface area contributed by atoms with Crippen LogP contribution in [0.15, 0.2) is 18.2 Å². The molecule has 82 valence electrons. The van der Waals surface area contributed by atoms with Crippen LogP contribution in [0.25, 0.3) is 0 Å². The first-order valence-electron chi connectivity index (χ1n) is 4.66. The van der Waals surface area contributed by atoms with Gasteiger partial charge in [0.05, 0.1) is 0 Å².